The first kappa shape index (κ1) is 33.2. The highest BCUT2D eigenvalue weighted by Crippen LogP contribution is 2.23. The number of ether oxygens (including phenoxy) is 1. The van der Waals surface area contributed by atoms with Crippen LogP contribution in [0.5, 0.6) is 0 Å². The summed E-state index contributed by atoms with van der Waals surface area (Å²) >= 11 is 1.32. The average Bonchev–Trinajstić information content (AvgIpc) is 3.58. The number of aromatic nitrogens is 3. The van der Waals surface area contributed by atoms with E-state index in [1.807, 2.05) is 41.3 Å². The van der Waals surface area contributed by atoms with E-state index in [-0.39, 0.29) is 23.9 Å². The highest BCUT2D eigenvalue weighted by atomic mass is 32.1. The fraction of sp³-hybridized carbons (Fsp3) is 0.548. The maximum atomic E-state index is 12.2. The number of nitrogens with one attached hydrogen (secondary N) is 2. The van der Waals surface area contributed by atoms with E-state index >= 15 is 0 Å². The van der Waals surface area contributed by atoms with E-state index < -0.39 is 0 Å². The smallest absolute Gasteiger partial charge is 0.253 e. The normalized spacial score (nSPS) is 13.5. The molecule has 3 aromatic rings. The molecule has 3 aromatic heterocycles. The third-order valence-electron chi connectivity index (χ3n) is 6.51. The van der Waals surface area contributed by atoms with Gasteiger partial charge in [-0.3, -0.25) is 14.6 Å². The van der Waals surface area contributed by atoms with Crippen LogP contribution in [-0.4, -0.2) is 45.1 Å². The molecule has 0 radical (unpaired) electrons. The van der Waals surface area contributed by atoms with Crippen molar-refractivity contribution < 1.29 is 14.3 Å². The molecule has 0 bridgehead atoms. The fourth-order valence-electron chi connectivity index (χ4n) is 3.79. The molecule has 0 aliphatic rings. The lowest BCUT2D eigenvalue weighted by Crippen LogP contribution is -2.32. The van der Waals surface area contributed by atoms with E-state index in [0.717, 1.165) is 23.7 Å². The molecule has 0 fully saturated rings. The molecule has 2 amide bonds. The van der Waals surface area contributed by atoms with Crippen LogP contribution in [0.3, 0.4) is 0 Å². The molecule has 8 nitrogen and oxygen atoms in total. The Labute approximate surface area is 244 Å². The third-order valence-corrected chi connectivity index (χ3v) is 7.27. The van der Waals surface area contributed by atoms with Crippen LogP contribution in [0.15, 0.2) is 42.0 Å². The quantitative estimate of drug-likeness (QED) is 0.257. The first-order valence-corrected chi connectivity index (χ1v) is 15.0. The second kappa shape index (κ2) is 15.7. The Hall–Kier alpha value is -3.04. The Morgan fingerprint density at radius 3 is 2.35 bits per heavy atom. The van der Waals surface area contributed by atoms with Crippen molar-refractivity contribution in [2.75, 3.05) is 11.9 Å². The molecule has 3 rings (SSSR count). The predicted molar refractivity (Wildman–Crippen MR) is 165 cm³/mol. The van der Waals surface area contributed by atoms with E-state index in [1.165, 1.54) is 24.2 Å². The van der Waals surface area contributed by atoms with E-state index in [0.29, 0.717) is 28.6 Å². The maximum Gasteiger partial charge on any atom is 0.253 e. The number of hydrogen-bond acceptors (Lipinski definition) is 6. The van der Waals surface area contributed by atoms with Gasteiger partial charge < -0.3 is 19.9 Å². The monoisotopic (exact) mass is 569 g/mol. The Bertz CT molecular complexity index is 1200. The number of thiazole rings is 1. The second-order valence-corrected chi connectivity index (χ2v) is 12.2. The lowest BCUT2D eigenvalue weighted by Gasteiger charge is -2.20. The van der Waals surface area contributed by atoms with Crippen molar-refractivity contribution in [1.29, 1.82) is 0 Å². The van der Waals surface area contributed by atoms with Gasteiger partial charge in [0, 0.05) is 29.0 Å². The third kappa shape index (κ3) is 11.2. The largest absolute Gasteiger partial charge is 0.376 e. The lowest BCUT2D eigenvalue weighted by molar-refractivity contribution is -0.115. The van der Waals surface area contributed by atoms with Crippen molar-refractivity contribution in [1.82, 2.24) is 19.9 Å². The SMILES string of the molecule is CCC(C)CC(C)OC(C)CC.Cc1cccc(-c2csc(NC(=O)CNC(=O)c3ccn(C(C)(C)C)c3)n2)n1. The highest BCUT2D eigenvalue weighted by Gasteiger charge is 2.16. The average molecular weight is 570 g/mol. The summed E-state index contributed by atoms with van der Waals surface area (Å²) in [5, 5.41) is 7.64. The minimum absolute atomic E-state index is 0.107. The van der Waals surface area contributed by atoms with Gasteiger partial charge in [-0.15, -0.1) is 11.3 Å². The fourth-order valence-corrected chi connectivity index (χ4v) is 4.51. The Morgan fingerprint density at radius 1 is 1.02 bits per heavy atom. The highest BCUT2D eigenvalue weighted by molar-refractivity contribution is 7.14. The number of aryl methyl sites for hydroxylation is 1. The molecular weight excluding hydrogens is 522 g/mol. The molecule has 0 saturated carbocycles. The molecule has 0 aromatic carbocycles. The molecule has 0 spiro atoms. The number of hydrogen-bond donors (Lipinski definition) is 2. The van der Waals surface area contributed by atoms with Crippen molar-refractivity contribution in [3.63, 3.8) is 0 Å². The van der Waals surface area contributed by atoms with Crippen LogP contribution in [-0.2, 0) is 15.1 Å². The van der Waals surface area contributed by atoms with Gasteiger partial charge in [0.05, 0.1) is 30.0 Å². The Kier molecular flexibility index (Phi) is 13.0. The van der Waals surface area contributed by atoms with Crippen molar-refractivity contribution in [2.24, 2.45) is 5.92 Å². The van der Waals surface area contributed by atoms with E-state index in [2.05, 4.69) is 76.0 Å². The van der Waals surface area contributed by atoms with Crippen molar-refractivity contribution in [3.8, 4) is 11.4 Å². The van der Waals surface area contributed by atoms with Crippen LogP contribution in [0.2, 0.25) is 0 Å². The van der Waals surface area contributed by atoms with Gasteiger partial charge >= 0.3 is 0 Å². The predicted octanol–water partition coefficient (Wildman–Crippen LogP) is 7.06. The summed E-state index contributed by atoms with van der Waals surface area (Å²) in [6, 6.07) is 7.44. The molecule has 0 aliphatic carbocycles. The van der Waals surface area contributed by atoms with Crippen LogP contribution < -0.4 is 10.6 Å². The first-order chi connectivity index (χ1) is 18.8. The van der Waals surface area contributed by atoms with Gasteiger partial charge in [-0.2, -0.15) is 0 Å². The van der Waals surface area contributed by atoms with Crippen LogP contribution in [0.25, 0.3) is 11.4 Å². The zero-order valence-electron chi connectivity index (χ0n) is 25.6. The molecule has 3 heterocycles. The molecule has 3 atom stereocenters. The number of nitrogens with zero attached hydrogens (tertiary/aromatic N) is 3. The Balaban J connectivity index is 0.000000395. The molecule has 220 valence electrons. The van der Waals surface area contributed by atoms with Crippen LogP contribution in [0, 0.1) is 12.8 Å². The van der Waals surface area contributed by atoms with E-state index in [9.17, 15) is 9.59 Å². The molecular formula is C31H47N5O3S. The molecule has 2 N–H and O–H groups in total. The summed E-state index contributed by atoms with van der Waals surface area (Å²) < 4.78 is 7.73. The molecule has 0 aliphatic heterocycles. The van der Waals surface area contributed by atoms with Crippen molar-refractivity contribution >= 4 is 28.3 Å². The van der Waals surface area contributed by atoms with E-state index in [1.54, 1.807) is 12.3 Å². The molecule has 40 heavy (non-hydrogen) atoms. The number of anilines is 1. The lowest BCUT2D eigenvalue weighted by atomic mass is 10.0. The summed E-state index contributed by atoms with van der Waals surface area (Å²) in [6.07, 6.45) is 8.04. The molecule has 0 saturated heterocycles. The van der Waals surface area contributed by atoms with Gasteiger partial charge in [0.1, 0.15) is 5.69 Å². The standard InChI is InChI=1S/C20H23N5O2S.C11H24O/c1-13-6-5-7-15(22-13)16-12-28-19(23-16)24-17(26)10-21-18(27)14-8-9-25(11-14)20(2,3)4;1-6-9(3)8-11(5)12-10(4)7-2/h5-9,11-12H,10H2,1-4H3,(H,21,27)(H,23,24,26);9-11H,6-8H2,1-5H3. The minimum atomic E-state index is -0.332. The van der Waals surface area contributed by atoms with Gasteiger partial charge in [0.2, 0.25) is 5.91 Å². The van der Waals surface area contributed by atoms with Crippen molar-refractivity contribution in [2.45, 2.75) is 99.3 Å². The maximum absolute atomic E-state index is 12.2. The van der Waals surface area contributed by atoms with Gasteiger partial charge in [-0.1, -0.05) is 33.3 Å². The van der Waals surface area contributed by atoms with Crippen LogP contribution in [0.1, 0.15) is 90.7 Å². The summed E-state index contributed by atoms with van der Waals surface area (Å²) in [7, 11) is 0. The molecule has 9 heteroatoms. The summed E-state index contributed by atoms with van der Waals surface area (Å²) in [5.41, 5.74) is 2.78. The number of carbonyl (C=O) groups excluding carboxylic acids is 2. The van der Waals surface area contributed by atoms with Gasteiger partial charge in [0.25, 0.3) is 5.91 Å². The van der Waals surface area contributed by atoms with Gasteiger partial charge in [-0.05, 0) is 78.5 Å². The summed E-state index contributed by atoms with van der Waals surface area (Å²) in [5.74, 6) is 0.174. The zero-order chi connectivity index (χ0) is 29.9. The van der Waals surface area contributed by atoms with Crippen LogP contribution >= 0.6 is 11.3 Å². The van der Waals surface area contributed by atoms with Crippen LogP contribution in [0.4, 0.5) is 5.13 Å². The van der Waals surface area contributed by atoms with Gasteiger partial charge in [0.15, 0.2) is 5.13 Å². The number of amides is 2. The Morgan fingerprint density at radius 2 is 1.75 bits per heavy atom. The summed E-state index contributed by atoms with van der Waals surface area (Å²) in [6.45, 7) is 19.0. The first-order valence-electron chi connectivity index (χ1n) is 14.1. The van der Waals surface area contributed by atoms with E-state index in [4.69, 9.17) is 4.74 Å². The topological polar surface area (TPSA) is 98.1 Å². The number of pyridine rings is 1. The summed E-state index contributed by atoms with van der Waals surface area (Å²) in [4.78, 5) is 33.2. The molecule has 3 unspecified atom stereocenters. The van der Waals surface area contributed by atoms with Crippen molar-refractivity contribution in [3.05, 3.63) is 53.3 Å². The van der Waals surface area contributed by atoms with Gasteiger partial charge in [-0.25, -0.2) is 4.98 Å². The second-order valence-electron chi connectivity index (χ2n) is 11.3. The number of carbonyl (C=O) groups is 2. The zero-order valence-corrected chi connectivity index (χ0v) is 26.4. The number of rotatable bonds is 11. The minimum Gasteiger partial charge on any atom is -0.376 e.